The maximum absolute atomic E-state index is 13.5. The second-order valence-electron chi connectivity index (χ2n) is 5.22. The third-order valence-electron chi connectivity index (χ3n) is 3.79. The molecule has 1 N–H and O–H groups in total. The van der Waals surface area contributed by atoms with E-state index in [-0.39, 0.29) is 17.8 Å². The Hall–Kier alpha value is -2.89. The summed E-state index contributed by atoms with van der Waals surface area (Å²) in [7, 11) is 1.71. The lowest BCUT2D eigenvalue weighted by Crippen LogP contribution is -2.31. The van der Waals surface area contributed by atoms with Gasteiger partial charge in [-0.15, -0.1) is 0 Å². The molecule has 6 heteroatoms. The second kappa shape index (κ2) is 6.08. The quantitative estimate of drug-likeness (QED) is 0.800. The van der Waals surface area contributed by atoms with E-state index in [1.807, 2.05) is 24.3 Å². The van der Waals surface area contributed by atoms with Gasteiger partial charge in [-0.25, -0.2) is 9.18 Å². The van der Waals surface area contributed by atoms with Crippen LogP contribution in [-0.4, -0.2) is 21.6 Å². The standard InChI is InChI=1S/C17H16FN3O2/c1-20-14-8-4-5-9-15(14)21(17(20)23)11-10-19-16(22)12-6-2-3-7-13(12)18/h2-9H,10-11H2,1H3,(H,19,22). The molecule has 0 saturated carbocycles. The summed E-state index contributed by atoms with van der Waals surface area (Å²) in [4.78, 5) is 24.2. The number of hydrogen-bond donors (Lipinski definition) is 1. The number of para-hydroxylation sites is 2. The molecule has 0 bridgehead atoms. The summed E-state index contributed by atoms with van der Waals surface area (Å²) in [5.41, 5.74) is 1.49. The Morgan fingerprint density at radius 1 is 1.09 bits per heavy atom. The SMILES string of the molecule is Cn1c(=O)n(CCNC(=O)c2ccccc2F)c2ccccc21. The van der Waals surface area contributed by atoms with Crippen LogP contribution in [0, 0.1) is 5.82 Å². The maximum Gasteiger partial charge on any atom is 0.328 e. The summed E-state index contributed by atoms with van der Waals surface area (Å²) < 4.78 is 16.7. The monoisotopic (exact) mass is 313 g/mol. The Bertz CT molecular complexity index is 927. The van der Waals surface area contributed by atoms with E-state index in [0.717, 1.165) is 11.0 Å². The predicted molar refractivity (Wildman–Crippen MR) is 85.9 cm³/mol. The second-order valence-corrected chi connectivity index (χ2v) is 5.22. The van der Waals surface area contributed by atoms with Gasteiger partial charge in [-0.3, -0.25) is 13.9 Å². The van der Waals surface area contributed by atoms with E-state index in [4.69, 9.17) is 0 Å². The number of rotatable bonds is 4. The van der Waals surface area contributed by atoms with Crippen LogP contribution in [0.4, 0.5) is 4.39 Å². The number of benzene rings is 2. The molecule has 1 aromatic heterocycles. The van der Waals surface area contributed by atoms with Crippen molar-refractivity contribution in [3.63, 3.8) is 0 Å². The van der Waals surface area contributed by atoms with Crippen LogP contribution in [-0.2, 0) is 13.6 Å². The van der Waals surface area contributed by atoms with Crippen LogP contribution >= 0.6 is 0 Å². The summed E-state index contributed by atoms with van der Waals surface area (Å²) in [6, 6.07) is 13.2. The number of aryl methyl sites for hydroxylation is 1. The smallest absolute Gasteiger partial charge is 0.328 e. The summed E-state index contributed by atoms with van der Waals surface area (Å²) in [5.74, 6) is -1.05. The maximum atomic E-state index is 13.5. The van der Waals surface area contributed by atoms with Crippen molar-refractivity contribution in [3.8, 4) is 0 Å². The van der Waals surface area contributed by atoms with Crippen LogP contribution in [0.15, 0.2) is 53.3 Å². The highest BCUT2D eigenvalue weighted by molar-refractivity contribution is 5.94. The molecule has 0 aliphatic heterocycles. The zero-order chi connectivity index (χ0) is 16.4. The number of carbonyl (C=O) groups excluding carboxylic acids is 1. The summed E-state index contributed by atoms with van der Waals surface area (Å²) in [5, 5.41) is 2.64. The molecule has 0 aliphatic carbocycles. The van der Waals surface area contributed by atoms with E-state index in [1.54, 1.807) is 22.2 Å². The van der Waals surface area contributed by atoms with Crippen LogP contribution in [0.25, 0.3) is 11.0 Å². The number of fused-ring (bicyclic) bond motifs is 1. The Labute approximate surface area is 132 Å². The summed E-state index contributed by atoms with van der Waals surface area (Å²) in [6.07, 6.45) is 0. The molecule has 3 rings (SSSR count). The number of carbonyl (C=O) groups is 1. The molecular formula is C17H16FN3O2. The molecule has 1 heterocycles. The lowest BCUT2D eigenvalue weighted by atomic mass is 10.2. The molecule has 23 heavy (non-hydrogen) atoms. The van der Waals surface area contributed by atoms with Crippen molar-refractivity contribution in [1.82, 2.24) is 14.5 Å². The highest BCUT2D eigenvalue weighted by Gasteiger charge is 2.12. The van der Waals surface area contributed by atoms with Crippen molar-refractivity contribution in [2.45, 2.75) is 6.54 Å². The van der Waals surface area contributed by atoms with E-state index in [0.29, 0.717) is 6.54 Å². The fourth-order valence-corrected chi connectivity index (χ4v) is 2.60. The van der Waals surface area contributed by atoms with Crippen LogP contribution in [0.2, 0.25) is 0 Å². The average Bonchev–Trinajstić information content (AvgIpc) is 2.80. The van der Waals surface area contributed by atoms with E-state index in [1.165, 1.54) is 18.2 Å². The first-order valence-corrected chi connectivity index (χ1v) is 7.26. The number of nitrogens with zero attached hydrogens (tertiary/aromatic N) is 2. The van der Waals surface area contributed by atoms with Crippen molar-refractivity contribution in [3.05, 3.63) is 70.4 Å². The third-order valence-corrected chi connectivity index (χ3v) is 3.79. The van der Waals surface area contributed by atoms with E-state index in [9.17, 15) is 14.0 Å². The van der Waals surface area contributed by atoms with E-state index < -0.39 is 11.7 Å². The van der Waals surface area contributed by atoms with Crippen molar-refractivity contribution in [1.29, 1.82) is 0 Å². The van der Waals surface area contributed by atoms with Crippen LogP contribution in [0.5, 0.6) is 0 Å². The van der Waals surface area contributed by atoms with Gasteiger partial charge >= 0.3 is 5.69 Å². The molecule has 118 valence electrons. The number of halogens is 1. The van der Waals surface area contributed by atoms with E-state index in [2.05, 4.69) is 5.32 Å². The first-order chi connectivity index (χ1) is 11.1. The Morgan fingerprint density at radius 3 is 2.48 bits per heavy atom. The van der Waals surface area contributed by atoms with Crippen molar-refractivity contribution < 1.29 is 9.18 Å². The van der Waals surface area contributed by atoms with Crippen LogP contribution < -0.4 is 11.0 Å². The van der Waals surface area contributed by atoms with Gasteiger partial charge in [0.2, 0.25) is 0 Å². The van der Waals surface area contributed by atoms with Gasteiger partial charge in [-0.1, -0.05) is 24.3 Å². The molecule has 5 nitrogen and oxygen atoms in total. The zero-order valence-corrected chi connectivity index (χ0v) is 12.6. The molecule has 0 saturated heterocycles. The lowest BCUT2D eigenvalue weighted by molar-refractivity contribution is 0.0948. The molecule has 0 fully saturated rings. The van der Waals surface area contributed by atoms with Gasteiger partial charge in [0.05, 0.1) is 16.6 Å². The van der Waals surface area contributed by atoms with Crippen LogP contribution in [0.3, 0.4) is 0 Å². The van der Waals surface area contributed by atoms with E-state index >= 15 is 0 Å². The van der Waals surface area contributed by atoms with Gasteiger partial charge in [0, 0.05) is 20.1 Å². The van der Waals surface area contributed by atoms with Crippen molar-refractivity contribution in [2.24, 2.45) is 7.05 Å². The van der Waals surface area contributed by atoms with Gasteiger partial charge in [-0.05, 0) is 24.3 Å². The van der Waals surface area contributed by atoms with Gasteiger partial charge in [0.25, 0.3) is 5.91 Å². The molecular weight excluding hydrogens is 297 g/mol. The van der Waals surface area contributed by atoms with Crippen LogP contribution in [0.1, 0.15) is 10.4 Å². The van der Waals surface area contributed by atoms with Crippen molar-refractivity contribution >= 4 is 16.9 Å². The minimum absolute atomic E-state index is 0.00207. The molecule has 0 unspecified atom stereocenters. The number of amides is 1. The number of hydrogen-bond acceptors (Lipinski definition) is 2. The molecule has 0 spiro atoms. The first-order valence-electron chi connectivity index (χ1n) is 7.26. The van der Waals surface area contributed by atoms with Crippen molar-refractivity contribution in [2.75, 3.05) is 6.54 Å². The molecule has 0 aliphatic rings. The Morgan fingerprint density at radius 2 is 1.74 bits per heavy atom. The fraction of sp³-hybridized carbons (Fsp3) is 0.176. The lowest BCUT2D eigenvalue weighted by Gasteiger charge is -2.07. The average molecular weight is 313 g/mol. The number of nitrogens with one attached hydrogen (secondary N) is 1. The molecule has 2 aromatic carbocycles. The fourth-order valence-electron chi connectivity index (χ4n) is 2.60. The highest BCUT2D eigenvalue weighted by atomic mass is 19.1. The third kappa shape index (κ3) is 2.75. The Kier molecular flexibility index (Phi) is 3.97. The van der Waals surface area contributed by atoms with Gasteiger partial charge in [0.15, 0.2) is 0 Å². The first kappa shape index (κ1) is 15.0. The molecule has 1 amide bonds. The van der Waals surface area contributed by atoms with Gasteiger partial charge in [-0.2, -0.15) is 0 Å². The largest absolute Gasteiger partial charge is 0.350 e. The molecule has 0 radical (unpaired) electrons. The minimum Gasteiger partial charge on any atom is -0.350 e. The topological polar surface area (TPSA) is 56.0 Å². The highest BCUT2D eigenvalue weighted by Crippen LogP contribution is 2.11. The predicted octanol–water partition coefficient (Wildman–Crippen LogP) is 1.91. The van der Waals surface area contributed by atoms with Gasteiger partial charge < -0.3 is 5.32 Å². The summed E-state index contributed by atoms with van der Waals surface area (Å²) >= 11 is 0. The molecule has 0 atom stereocenters. The number of imidazole rings is 1. The Balaban J connectivity index is 1.75. The zero-order valence-electron chi connectivity index (χ0n) is 12.6. The number of aromatic nitrogens is 2. The van der Waals surface area contributed by atoms with Gasteiger partial charge in [0.1, 0.15) is 5.82 Å². The normalized spacial score (nSPS) is 10.9. The minimum atomic E-state index is -0.563. The summed E-state index contributed by atoms with van der Waals surface area (Å²) in [6.45, 7) is 0.557. The molecule has 3 aromatic rings.